The van der Waals surface area contributed by atoms with Gasteiger partial charge in [0.2, 0.25) is 10.0 Å². The lowest BCUT2D eigenvalue weighted by atomic mass is 10.1. The number of halogens is 2. The summed E-state index contributed by atoms with van der Waals surface area (Å²) in [7, 11) is -3.63. The van der Waals surface area contributed by atoms with Crippen LogP contribution in [0.1, 0.15) is 10.4 Å². The van der Waals surface area contributed by atoms with E-state index in [1.165, 1.54) is 39.5 Å². The summed E-state index contributed by atoms with van der Waals surface area (Å²) in [5.74, 6) is -0.429. The van der Waals surface area contributed by atoms with Gasteiger partial charge in [0.15, 0.2) is 0 Å². The van der Waals surface area contributed by atoms with Gasteiger partial charge in [-0.1, -0.05) is 27.5 Å². The van der Waals surface area contributed by atoms with Crippen molar-refractivity contribution in [1.82, 2.24) is 9.21 Å². The lowest BCUT2D eigenvalue weighted by molar-refractivity contribution is 0.0695. The van der Waals surface area contributed by atoms with Crippen molar-refractivity contribution in [1.29, 1.82) is 0 Å². The van der Waals surface area contributed by atoms with Gasteiger partial charge in [0.1, 0.15) is 5.75 Å². The standard InChI is InChI=1S/C17H16BrClN2O4S/c18-12-1-6-16(22)15(11-12)17(23)20-7-9-21(10-8-20)26(24,25)14-4-2-13(19)3-5-14/h1-6,11,22H,7-10H2. The van der Waals surface area contributed by atoms with Crippen LogP contribution in [0.2, 0.25) is 5.02 Å². The van der Waals surface area contributed by atoms with Crippen LogP contribution in [-0.4, -0.2) is 54.8 Å². The molecule has 2 aromatic carbocycles. The number of carbonyl (C=O) groups is 1. The number of nitrogens with zero attached hydrogens (tertiary/aromatic N) is 2. The minimum atomic E-state index is -3.63. The molecule has 1 aliphatic heterocycles. The molecule has 3 rings (SSSR count). The van der Waals surface area contributed by atoms with Crippen LogP contribution in [0, 0.1) is 0 Å². The number of aromatic hydroxyl groups is 1. The molecule has 26 heavy (non-hydrogen) atoms. The van der Waals surface area contributed by atoms with Crippen molar-refractivity contribution < 1.29 is 18.3 Å². The zero-order chi connectivity index (χ0) is 18.9. The minimum Gasteiger partial charge on any atom is -0.507 e. The summed E-state index contributed by atoms with van der Waals surface area (Å²) in [5, 5.41) is 10.4. The Morgan fingerprint density at radius 1 is 1.04 bits per heavy atom. The number of hydrogen-bond acceptors (Lipinski definition) is 4. The predicted octanol–water partition coefficient (Wildman–Crippen LogP) is 2.95. The maximum absolute atomic E-state index is 12.7. The van der Waals surface area contributed by atoms with Gasteiger partial charge in [-0.3, -0.25) is 4.79 Å². The largest absolute Gasteiger partial charge is 0.507 e. The van der Waals surface area contributed by atoms with Crippen molar-refractivity contribution in [2.24, 2.45) is 0 Å². The van der Waals surface area contributed by atoms with E-state index in [9.17, 15) is 18.3 Å². The summed E-state index contributed by atoms with van der Waals surface area (Å²) in [6.07, 6.45) is 0. The molecule has 138 valence electrons. The van der Waals surface area contributed by atoms with Crippen LogP contribution in [-0.2, 0) is 10.0 Å². The Hall–Kier alpha value is -1.61. The summed E-state index contributed by atoms with van der Waals surface area (Å²) in [4.78, 5) is 14.3. The molecule has 1 fully saturated rings. The van der Waals surface area contributed by atoms with Gasteiger partial charge in [0, 0.05) is 35.7 Å². The van der Waals surface area contributed by atoms with Crippen LogP contribution in [0.25, 0.3) is 0 Å². The molecule has 1 amide bonds. The number of amides is 1. The van der Waals surface area contributed by atoms with E-state index in [0.717, 1.165) is 0 Å². The van der Waals surface area contributed by atoms with Crippen LogP contribution in [0.3, 0.4) is 0 Å². The first kappa shape index (κ1) is 19.2. The highest BCUT2D eigenvalue weighted by molar-refractivity contribution is 9.10. The zero-order valence-corrected chi connectivity index (χ0v) is 16.8. The van der Waals surface area contributed by atoms with Crippen LogP contribution < -0.4 is 0 Å². The summed E-state index contributed by atoms with van der Waals surface area (Å²) >= 11 is 9.08. The Morgan fingerprint density at radius 2 is 1.65 bits per heavy atom. The second kappa shape index (κ2) is 7.56. The van der Waals surface area contributed by atoms with E-state index in [1.54, 1.807) is 12.1 Å². The van der Waals surface area contributed by atoms with E-state index < -0.39 is 10.0 Å². The summed E-state index contributed by atoms with van der Waals surface area (Å²) in [6.45, 7) is 0.867. The molecule has 1 aliphatic rings. The Labute approximate surface area is 165 Å². The van der Waals surface area contributed by atoms with Crippen molar-refractivity contribution in [2.75, 3.05) is 26.2 Å². The van der Waals surface area contributed by atoms with Crippen LogP contribution in [0.4, 0.5) is 0 Å². The fourth-order valence-electron chi connectivity index (χ4n) is 2.74. The van der Waals surface area contributed by atoms with Gasteiger partial charge in [-0.15, -0.1) is 0 Å². The minimum absolute atomic E-state index is 0.102. The van der Waals surface area contributed by atoms with Crippen molar-refractivity contribution >= 4 is 43.5 Å². The Bertz CT molecular complexity index is 926. The molecule has 0 aliphatic carbocycles. The van der Waals surface area contributed by atoms with Crippen molar-refractivity contribution in [2.45, 2.75) is 4.90 Å². The number of carbonyl (C=O) groups excluding carboxylic acids is 1. The highest BCUT2D eigenvalue weighted by atomic mass is 79.9. The average Bonchev–Trinajstić information content (AvgIpc) is 2.63. The van der Waals surface area contributed by atoms with Gasteiger partial charge in [0.25, 0.3) is 5.91 Å². The quantitative estimate of drug-likeness (QED) is 0.765. The molecule has 0 bridgehead atoms. The number of hydrogen-bond donors (Lipinski definition) is 1. The molecule has 0 radical (unpaired) electrons. The van der Waals surface area contributed by atoms with E-state index in [1.807, 2.05) is 0 Å². The number of phenolic OH excluding ortho intramolecular Hbond substituents is 1. The smallest absolute Gasteiger partial charge is 0.257 e. The molecule has 6 nitrogen and oxygen atoms in total. The van der Waals surface area contributed by atoms with E-state index in [4.69, 9.17) is 11.6 Å². The summed E-state index contributed by atoms with van der Waals surface area (Å²) < 4.78 is 27.4. The lowest BCUT2D eigenvalue weighted by Gasteiger charge is -2.34. The molecule has 2 aromatic rings. The highest BCUT2D eigenvalue weighted by Gasteiger charge is 2.31. The van der Waals surface area contributed by atoms with Crippen LogP contribution in [0.5, 0.6) is 5.75 Å². The number of phenols is 1. The van der Waals surface area contributed by atoms with Gasteiger partial charge in [0.05, 0.1) is 10.5 Å². The Balaban J connectivity index is 1.71. The molecule has 0 spiro atoms. The third kappa shape index (κ3) is 3.88. The Kier molecular flexibility index (Phi) is 5.57. The first-order valence-corrected chi connectivity index (χ1v) is 10.4. The van der Waals surface area contributed by atoms with Crippen LogP contribution >= 0.6 is 27.5 Å². The zero-order valence-electron chi connectivity index (χ0n) is 13.6. The normalized spacial score (nSPS) is 15.8. The molecular formula is C17H16BrClN2O4S. The third-order valence-electron chi connectivity index (χ3n) is 4.17. The SMILES string of the molecule is O=C(c1cc(Br)ccc1O)N1CCN(S(=O)(=O)c2ccc(Cl)cc2)CC1. The molecule has 1 saturated heterocycles. The van der Waals surface area contributed by atoms with E-state index in [-0.39, 0.29) is 48.3 Å². The third-order valence-corrected chi connectivity index (χ3v) is 6.82. The van der Waals surface area contributed by atoms with Crippen molar-refractivity contribution in [3.8, 4) is 5.75 Å². The molecule has 0 unspecified atom stereocenters. The van der Waals surface area contributed by atoms with Gasteiger partial charge in [-0.2, -0.15) is 4.31 Å². The topological polar surface area (TPSA) is 77.9 Å². The first-order chi connectivity index (χ1) is 12.3. The highest BCUT2D eigenvalue weighted by Crippen LogP contribution is 2.25. The number of benzene rings is 2. The van der Waals surface area contributed by atoms with Crippen molar-refractivity contribution in [3.05, 3.63) is 57.5 Å². The average molecular weight is 460 g/mol. The molecule has 9 heteroatoms. The maximum atomic E-state index is 12.7. The van der Waals surface area contributed by atoms with Crippen molar-refractivity contribution in [3.63, 3.8) is 0 Å². The second-order valence-corrected chi connectivity index (χ2v) is 9.10. The molecule has 1 N–H and O–H groups in total. The van der Waals surface area contributed by atoms with Gasteiger partial charge in [-0.25, -0.2) is 8.42 Å². The summed E-state index contributed by atoms with van der Waals surface area (Å²) in [5.41, 5.74) is 0.188. The molecule has 0 saturated carbocycles. The second-order valence-electron chi connectivity index (χ2n) is 5.81. The van der Waals surface area contributed by atoms with Crippen LogP contribution in [0.15, 0.2) is 51.8 Å². The fraction of sp³-hybridized carbons (Fsp3) is 0.235. The summed E-state index contributed by atoms with van der Waals surface area (Å²) in [6, 6.07) is 10.6. The van der Waals surface area contributed by atoms with E-state index >= 15 is 0 Å². The van der Waals surface area contributed by atoms with E-state index in [2.05, 4.69) is 15.9 Å². The van der Waals surface area contributed by atoms with Gasteiger partial charge in [-0.05, 0) is 42.5 Å². The fourth-order valence-corrected chi connectivity index (χ4v) is 4.65. The lowest BCUT2D eigenvalue weighted by Crippen LogP contribution is -2.50. The molecular weight excluding hydrogens is 444 g/mol. The molecule has 0 atom stereocenters. The predicted molar refractivity (Wildman–Crippen MR) is 102 cm³/mol. The van der Waals surface area contributed by atoms with Gasteiger partial charge >= 0.3 is 0 Å². The Morgan fingerprint density at radius 3 is 2.27 bits per heavy atom. The van der Waals surface area contributed by atoms with Gasteiger partial charge < -0.3 is 10.0 Å². The first-order valence-electron chi connectivity index (χ1n) is 7.82. The number of sulfonamides is 1. The maximum Gasteiger partial charge on any atom is 0.257 e. The number of piperazine rings is 1. The monoisotopic (exact) mass is 458 g/mol. The molecule has 0 aromatic heterocycles. The van der Waals surface area contributed by atoms with E-state index in [0.29, 0.717) is 9.50 Å². The number of rotatable bonds is 3. The molecule has 1 heterocycles.